The van der Waals surface area contributed by atoms with Gasteiger partial charge in [0.2, 0.25) is 11.8 Å². The summed E-state index contributed by atoms with van der Waals surface area (Å²) >= 11 is 0. The van der Waals surface area contributed by atoms with Gasteiger partial charge in [0, 0.05) is 45.6 Å². The summed E-state index contributed by atoms with van der Waals surface area (Å²) in [6.45, 7) is 5.01. The van der Waals surface area contributed by atoms with Gasteiger partial charge in [-0.15, -0.1) is 0 Å². The molecule has 3 rings (SSSR count). The summed E-state index contributed by atoms with van der Waals surface area (Å²) in [4.78, 5) is 27.8. The molecule has 3 heterocycles. The third kappa shape index (κ3) is 3.38. The summed E-state index contributed by atoms with van der Waals surface area (Å²) in [7, 11) is 0. The number of likely N-dealkylation sites (tertiary alicyclic amines) is 2. The SMILES string of the molecule is CC(=O)N1CCC(C(=O)N2CCC3(CC2)OCCCC3O)CC1. The van der Waals surface area contributed by atoms with Gasteiger partial charge >= 0.3 is 0 Å². The second kappa shape index (κ2) is 6.77. The van der Waals surface area contributed by atoms with Crippen molar-refractivity contribution in [2.24, 2.45) is 5.92 Å². The molecule has 1 spiro atoms. The third-order valence-corrected chi connectivity index (χ3v) is 5.83. The van der Waals surface area contributed by atoms with Gasteiger partial charge in [0.1, 0.15) is 0 Å². The van der Waals surface area contributed by atoms with E-state index in [1.807, 2.05) is 9.80 Å². The van der Waals surface area contributed by atoms with E-state index < -0.39 is 11.7 Å². The van der Waals surface area contributed by atoms with Gasteiger partial charge in [-0.25, -0.2) is 0 Å². The lowest BCUT2D eigenvalue weighted by molar-refractivity contribution is -0.181. The normalized spacial score (nSPS) is 28.9. The molecular formula is C17H28N2O4. The largest absolute Gasteiger partial charge is 0.390 e. The minimum atomic E-state index is -0.424. The highest BCUT2D eigenvalue weighted by atomic mass is 16.5. The van der Waals surface area contributed by atoms with Gasteiger partial charge < -0.3 is 19.6 Å². The molecule has 3 aliphatic rings. The predicted molar refractivity (Wildman–Crippen MR) is 84.7 cm³/mol. The summed E-state index contributed by atoms with van der Waals surface area (Å²) in [5, 5.41) is 10.3. The number of aliphatic hydroxyl groups excluding tert-OH is 1. The summed E-state index contributed by atoms with van der Waals surface area (Å²) in [5.41, 5.74) is -0.424. The fourth-order valence-electron chi connectivity index (χ4n) is 4.19. The van der Waals surface area contributed by atoms with E-state index in [0.29, 0.717) is 32.8 Å². The molecule has 3 saturated heterocycles. The summed E-state index contributed by atoms with van der Waals surface area (Å²) in [6, 6.07) is 0. The van der Waals surface area contributed by atoms with Crippen molar-refractivity contribution in [2.45, 2.75) is 57.2 Å². The van der Waals surface area contributed by atoms with Crippen LogP contribution in [0.15, 0.2) is 0 Å². The minimum Gasteiger partial charge on any atom is -0.390 e. The fourth-order valence-corrected chi connectivity index (χ4v) is 4.19. The Kier molecular flexibility index (Phi) is 4.92. The molecule has 2 amide bonds. The minimum absolute atomic E-state index is 0.0387. The van der Waals surface area contributed by atoms with Crippen molar-refractivity contribution in [3.05, 3.63) is 0 Å². The molecule has 0 aliphatic carbocycles. The molecule has 1 unspecified atom stereocenters. The molecule has 1 N–H and O–H groups in total. The monoisotopic (exact) mass is 324 g/mol. The van der Waals surface area contributed by atoms with Crippen LogP contribution in [0.2, 0.25) is 0 Å². The van der Waals surface area contributed by atoms with Gasteiger partial charge in [-0.3, -0.25) is 9.59 Å². The van der Waals surface area contributed by atoms with E-state index in [1.54, 1.807) is 6.92 Å². The van der Waals surface area contributed by atoms with Crippen molar-refractivity contribution in [3.8, 4) is 0 Å². The Labute approximate surface area is 137 Å². The van der Waals surface area contributed by atoms with Crippen LogP contribution >= 0.6 is 0 Å². The van der Waals surface area contributed by atoms with E-state index in [4.69, 9.17) is 4.74 Å². The summed E-state index contributed by atoms with van der Waals surface area (Å²) in [5.74, 6) is 0.351. The Morgan fingerprint density at radius 2 is 1.70 bits per heavy atom. The molecule has 1 atom stereocenters. The van der Waals surface area contributed by atoms with Crippen molar-refractivity contribution >= 4 is 11.8 Å². The predicted octanol–water partition coefficient (Wildman–Crippen LogP) is 0.777. The summed E-state index contributed by atoms with van der Waals surface area (Å²) in [6.07, 6.45) is 4.31. The first-order chi connectivity index (χ1) is 11.0. The number of amides is 2. The summed E-state index contributed by atoms with van der Waals surface area (Å²) < 4.78 is 5.90. The van der Waals surface area contributed by atoms with Crippen molar-refractivity contribution in [1.82, 2.24) is 9.80 Å². The quantitative estimate of drug-likeness (QED) is 0.774. The van der Waals surface area contributed by atoms with Crippen LogP contribution < -0.4 is 0 Å². The van der Waals surface area contributed by atoms with Crippen LogP contribution in [0.25, 0.3) is 0 Å². The molecule has 3 aliphatic heterocycles. The Hall–Kier alpha value is -1.14. The molecule has 0 bridgehead atoms. The Morgan fingerprint density at radius 1 is 1.04 bits per heavy atom. The van der Waals surface area contributed by atoms with Gasteiger partial charge in [0.05, 0.1) is 11.7 Å². The van der Waals surface area contributed by atoms with Crippen LogP contribution in [0.5, 0.6) is 0 Å². The van der Waals surface area contributed by atoms with Crippen molar-refractivity contribution in [3.63, 3.8) is 0 Å². The fraction of sp³-hybridized carbons (Fsp3) is 0.882. The van der Waals surface area contributed by atoms with Crippen molar-refractivity contribution in [2.75, 3.05) is 32.8 Å². The molecule has 0 aromatic carbocycles. The molecule has 0 aromatic rings. The molecule has 0 saturated carbocycles. The van der Waals surface area contributed by atoms with Crippen LogP contribution in [0.3, 0.4) is 0 Å². The highest BCUT2D eigenvalue weighted by Crippen LogP contribution is 2.36. The molecule has 130 valence electrons. The van der Waals surface area contributed by atoms with Gasteiger partial charge in [0.25, 0.3) is 0 Å². The van der Waals surface area contributed by atoms with E-state index in [9.17, 15) is 14.7 Å². The number of piperidine rings is 2. The zero-order valence-corrected chi connectivity index (χ0v) is 14.0. The first-order valence-electron chi connectivity index (χ1n) is 8.88. The van der Waals surface area contributed by atoms with Crippen molar-refractivity contribution < 1.29 is 19.4 Å². The van der Waals surface area contributed by atoms with Crippen LogP contribution in [-0.4, -0.2) is 71.2 Å². The first kappa shape index (κ1) is 16.7. The van der Waals surface area contributed by atoms with Gasteiger partial charge in [-0.2, -0.15) is 0 Å². The van der Waals surface area contributed by atoms with E-state index in [2.05, 4.69) is 0 Å². The van der Waals surface area contributed by atoms with Gasteiger partial charge in [0.15, 0.2) is 0 Å². The maximum atomic E-state index is 12.7. The van der Waals surface area contributed by atoms with Crippen LogP contribution in [0, 0.1) is 5.92 Å². The van der Waals surface area contributed by atoms with E-state index in [-0.39, 0.29) is 17.7 Å². The van der Waals surface area contributed by atoms with Crippen LogP contribution in [-0.2, 0) is 14.3 Å². The number of carbonyl (C=O) groups excluding carboxylic acids is 2. The smallest absolute Gasteiger partial charge is 0.225 e. The molecular weight excluding hydrogens is 296 g/mol. The average molecular weight is 324 g/mol. The number of aliphatic hydroxyl groups is 1. The van der Waals surface area contributed by atoms with Gasteiger partial charge in [-0.05, 0) is 38.5 Å². The van der Waals surface area contributed by atoms with Crippen molar-refractivity contribution in [1.29, 1.82) is 0 Å². The second-order valence-electron chi connectivity index (χ2n) is 7.18. The zero-order valence-electron chi connectivity index (χ0n) is 14.0. The Bertz CT molecular complexity index is 452. The lowest BCUT2D eigenvalue weighted by Crippen LogP contribution is -2.57. The molecule has 6 heteroatoms. The van der Waals surface area contributed by atoms with Crippen LogP contribution in [0.4, 0.5) is 0 Å². The molecule has 3 fully saturated rings. The highest BCUT2D eigenvalue weighted by molar-refractivity contribution is 5.80. The molecule has 23 heavy (non-hydrogen) atoms. The lowest BCUT2D eigenvalue weighted by atomic mass is 9.81. The molecule has 6 nitrogen and oxygen atoms in total. The number of ether oxygens (including phenoxy) is 1. The average Bonchev–Trinajstić information content (AvgIpc) is 2.58. The number of carbonyl (C=O) groups is 2. The Balaban J connectivity index is 1.52. The molecule has 0 radical (unpaired) electrons. The number of hydrogen-bond acceptors (Lipinski definition) is 4. The maximum Gasteiger partial charge on any atom is 0.225 e. The first-order valence-corrected chi connectivity index (χ1v) is 8.88. The third-order valence-electron chi connectivity index (χ3n) is 5.83. The maximum absolute atomic E-state index is 12.7. The number of rotatable bonds is 1. The van der Waals surface area contributed by atoms with E-state index in [0.717, 1.165) is 38.5 Å². The van der Waals surface area contributed by atoms with Crippen LogP contribution in [0.1, 0.15) is 45.4 Å². The van der Waals surface area contributed by atoms with E-state index in [1.165, 1.54) is 0 Å². The highest BCUT2D eigenvalue weighted by Gasteiger charge is 2.45. The zero-order chi connectivity index (χ0) is 16.4. The van der Waals surface area contributed by atoms with Gasteiger partial charge in [-0.1, -0.05) is 0 Å². The number of hydrogen-bond donors (Lipinski definition) is 1. The van der Waals surface area contributed by atoms with E-state index >= 15 is 0 Å². The second-order valence-corrected chi connectivity index (χ2v) is 7.18. The topological polar surface area (TPSA) is 70.1 Å². The lowest BCUT2D eigenvalue weighted by Gasteiger charge is -2.47. The molecule has 0 aromatic heterocycles. The number of nitrogens with zero attached hydrogens (tertiary/aromatic N) is 2. The Morgan fingerprint density at radius 3 is 2.26 bits per heavy atom. The standard InChI is InChI=1S/C17H28N2O4/c1-13(20)18-8-4-14(5-9-18)16(22)19-10-6-17(7-11-19)15(21)3-2-12-23-17/h14-15,21H,2-12H2,1H3.